The van der Waals surface area contributed by atoms with Gasteiger partial charge in [-0.1, -0.05) is 37.3 Å². The van der Waals surface area contributed by atoms with Gasteiger partial charge in [0.25, 0.3) is 11.7 Å². The van der Waals surface area contributed by atoms with Crippen molar-refractivity contribution < 1.29 is 19.2 Å². The van der Waals surface area contributed by atoms with Crippen LogP contribution >= 0.6 is 0 Å². The predicted octanol–water partition coefficient (Wildman–Crippen LogP) is 1.81. The van der Waals surface area contributed by atoms with Gasteiger partial charge in [0.1, 0.15) is 6.54 Å². The summed E-state index contributed by atoms with van der Waals surface area (Å²) in [5.41, 5.74) is 0.916. The summed E-state index contributed by atoms with van der Waals surface area (Å²) in [7, 11) is 0. The van der Waals surface area contributed by atoms with E-state index in [1.807, 2.05) is 30.3 Å². The Balaban J connectivity index is 1.80. The molecule has 1 aromatic carbocycles. The molecule has 9 heteroatoms. The van der Waals surface area contributed by atoms with Crippen LogP contribution in [0, 0.1) is 10.1 Å². The van der Waals surface area contributed by atoms with E-state index >= 15 is 0 Å². The van der Waals surface area contributed by atoms with Gasteiger partial charge < -0.3 is 20.2 Å². The number of hydrogen-bond acceptors (Lipinski definition) is 6. The summed E-state index contributed by atoms with van der Waals surface area (Å²) < 4.78 is 5.56. The Hall–Kier alpha value is -3.49. The molecule has 0 radical (unpaired) electrons. The first kappa shape index (κ1) is 18.3. The summed E-state index contributed by atoms with van der Waals surface area (Å²) >= 11 is 0. The zero-order valence-corrected chi connectivity index (χ0v) is 14.6. The van der Waals surface area contributed by atoms with Crippen molar-refractivity contribution in [2.45, 2.75) is 26.0 Å². The molecule has 2 aromatic rings. The van der Waals surface area contributed by atoms with Crippen molar-refractivity contribution in [2.75, 3.05) is 11.4 Å². The lowest BCUT2D eigenvalue weighted by Crippen LogP contribution is -2.50. The highest BCUT2D eigenvalue weighted by Crippen LogP contribution is 2.34. The summed E-state index contributed by atoms with van der Waals surface area (Å²) in [6, 6.07) is 11.9. The third-order valence-corrected chi connectivity index (χ3v) is 4.08. The average molecular weight is 370 g/mol. The minimum atomic E-state index is -0.761. The van der Waals surface area contributed by atoms with Crippen LogP contribution in [0.5, 0.6) is 5.75 Å². The second-order valence-corrected chi connectivity index (χ2v) is 5.95. The summed E-state index contributed by atoms with van der Waals surface area (Å²) in [5, 5.41) is 13.7. The number of carbonyl (C=O) groups excluding carboxylic acids is 2. The van der Waals surface area contributed by atoms with Crippen LogP contribution in [0.2, 0.25) is 0 Å². The van der Waals surface area contributed by atoms with Crippen LogP contribution in [0.4, 0.5) is 11.6 Å². The third kappa shape index (κ3) is 4.02. The smallest absolute Gasteiger partial charge is 0.366 e. The van der Waals surface area contributed by atoms with E-state index in [1.165, 1.54) is 12.1 Å². The molecule has 0 bridgehead atoms. The summed E-state index contributed by atoms with van der Waals surface area (Å²) in [4.78, 5) is 40.3. The van der Waals surface area contributed by atoms with Crippen LogP contribution in [0.25, 0.3) is 0 Å². The Morgan fingerprint density at radius 3 is 2.70 bits per heavy atom. The van der Waals surface area contributed by atoms with Crippen molar-refractivity contribution in [2.24, 2.45) is 0 Å². The number of benzene rings is 1. The molecule has 0 aliphatic carbocycles. The van der Waals surface area contributed by atoms with E-state index < -0.39 is 28.7 Å². The first-order valence-electron chi connectivity index (χ1n) is 8.43. The Labute approximate surface area is 155 Å². The molecule has 0 saturated carbocycles. The number of aromatic nitrogens is 1. The van der Waals surface area contributed by atoms with Crippen LogP contribution in [0.3, 0.4) is 0 Å². The molecular weight excluding hydrogens is 352 g/mol. The van der Waals surface area contributed by atoms with Gasteiger partial charge in [-0.3, -0.25) is 14.5 Å². The van der Waals surface area contributed by atoms with E-state index in [-0.39, 0.29) is 18.1 Å². The quantitative estimate of drug-likeness (QED) is 0.613. The minimum Gasteiger partial charge on any atom is -0.474 e. The zero-order valence-electron chi connectivity index (χ0n) is 14.6. The van der Waals surface area contributed by atoms with Crippen molar-refractivity contribution in [3.05, 3.63) is 58.1 Å². The lowest BCUT2D eigenvalue weighted by atomic mass is 10.2. The number of rotatable bonds is 6. The van der Waals surface area contributed by atoms with Crippen LogP contribution in [-0.2, 0) is 16.1 Å². The van der Waals surface area contributed by atoms with Gasteiger partial charge in [-0.25, -0.2) is 0 Å². The molecule has 1 aliphatic heterocycles. The number of anilines is 1. The van der Waals surface area contributed by atoms with Gasteiger partial charge in [-0.05, 0) is 28.0 Å². The van der Waals surface area contributed by atoms with Crippen LogP contribution in [-0.4, -0.2) is 34.4 Å². The van der Waals surface area contributed by atoms with Crippen molar-refractivity contribution in [1.82, 2.24) is 10.3 Å². The molecule has 27 heavy (non-hydrogen) atoms. The number of nitro groups is 1. The molecule has 1 N–H and O–H groups in total. The highest BCUT2D eigenvalue weighted by Gasteiger charge is 2.39. The largest absolute Gasteiger partial charge is 0.474 e. The minimum absolute atomic E-state index is 0.0197. The van der Waals surface area contributed by atoms with E-state index in [4.69, 9.17) is 4.74 Å². The standard InChI is InChI=1S/C18H18N4O5/c1-2-13-18(24)21(11-16(23)19-10-12-6-4-3-5-7-12)17-14(27-13)8-9-15(20-17)22(25)26/h3-9,13H,2,10-11H2,1H3,(H,19,23). The number of nitrogens with one attached hydrogen (secondary N) is 1. The maximum absolute atomic E-state index is 12.6. The SMILES string of the molecule is CCC1Oc2ccc([N+](=O)[O-])nc2N(CC(=O)NCc2ccccc2)C1=O. The van der Waals surface area contributed by atoms with Crippen molar-refractivity contribution in [3.8, 4) is 5.75 Å². The maximum Gasteiger partial charge on any atom is 0.366 e. The molecule has 3 rings (SSSR count). The van der Waals surface area contributed by atoms with Crippen molar-refractivity contribution in [3.63, 3.8) is 0 Å². The fourth-order valence-corrected chi connectivity index (χ4v) is 2.70. The lowest BCUT2D eigenvalue weighted by Gasteiger charge is -2.30. The molecule has 2 amide bonds. The number of hydrogen-bond donors (Lipinski definition) is 1. The van der Waals surface area contributed by atoms with Gasteiger partial charge in [0.2, 0.25) is 5.91 Å². The Kier molecular flexibility index (Phi) is 5.30. The van der Waals surface area contributed by atoms with Gasteiger partial charge in [0.05, 0.1) is 0 Å². The van der Waals surface area contributed by atoms with E-state index in [0.29, 0.717) is 13.0 Å². The molecule has 2 heterocycles. The molecule has 1 unspecified atom stereocenters. The van der Waals surface area contributed by atoms with Crippen LogP contribution in [0.15, 0.2) is 42.5 Å². The van der Waals surface area contributed by atoms with Crippen LogP contribution < -0.4 is 15.0 Å². The highest BCUT2D eigenvalue weighted by atomic mass is 16.6. The number of nitrogens with zero attached hydrogens (tertiary/aromatic N) is 3. The second-order valence-electron chi connectivity index (χ2n) is 5.95. The molecule has 0 saturated heterocycles. The number of amides is 2. The fraction of sp³-hybridized carbons (Fsp3) is 0.278. The molecule has 9 nitrogen and oxygen atoms in total. The summed E-state index contributed by atoms with van der Waals surface area (Å²) in [6.07, 6.45) is -0.361. The molecule has 1 atom stereocenters. The average Bonchev–Trinajstić information content (AvgIpc) is 2.68. The second kappa shape index (κ2) is 7.81. The zero-order chi connectivity index (χ0) is 19.4. The summed E-state index contributed by atoms with van der Waals surface area (Å²) in [5.74, 6) is -1.05. The molecule has 1 aromatic heterocycles. The third-order valence-electron chi connectivity index (χ3n) is 4.08. The topological polar surface area (TPSA) is 115 Å². The van der Waals surface area contributed by atoms with Gasteiger partial charge in [0.15, 0.2) is 11.9 Å². The Bertz CT molecular complexity index is 871. The fourth-order valence-electron chi connectivity index (χ4n) is 2.70. The summed E-state index contributed by atoms with van der Waals surface area (Å²) in [6.45, 7) is 1.79. The Morgan fingerprint density at radius 2 is 2.04 bits per heavy atom. The van der Waals surface area contributed by atoms with Gasteiger partial charge in [-0.15, -0.1) is 0 Å². The predicted molar refractivity (Wildman–Crippen MR) is 96.2 cm³/mol. The maximum atomic E-state index is 12.6. The van der Waals surface area contributed by atoms with Crippen molar-refractivity contribution in [1.29, 1.82) is 0 Å². The van der Waals surface area contributed by atoms with E-state index in [9.17, 15) is 19.7 Å². The monoisotopic (exact) mass is 370 g/mol. The van der Waals surface area contributed by atoms with E-state index in [2.05, 4.69) is 10.3 Å². The van der Waals surface area contributed by atoms with Gasteiger partial charge in [-0.2, -0.15) is 0 Å². The van der Waals surface area contributed by atoms with E-state index in [0.717, 1.165) is 10.5 Å². The molecule has 0 fully saturated rings. The molecule has 0 spiro atoms. The first-order chi connectivity index (χ1) is 13.0. The van der Waals surface area contributed by atoms with Gasteiger partial charge >= 0.3 is 5.82 Å². The number of fused-ring (bicyclic) bond motifs is 1. The normalized spacial score (nSPS) is 15.7. The van der Waals surface area contributed by atoms with E-state index in [1.54, 1.807) is 6.92 Å². The number of pyridine rings is 1. The van der Waals surface area contributed by atoms with Crippen LogP contribution in [0.1, 0.15) is 18.9 Å². The van der Waals surface area contributed by atoms with Crippen molar-refractivity contribution >= 4 is 23.5 Å². The van der Waals surface area contributed by atoms with Gasteiger partial charge in [0, 0.05) is 12.6 Å². The lowest BCUT2D eigenvalue weighted by molar-refractivity contribution is -0.389. The molecular formula is C18H18N4O5. The highest BCUT2D eigenvalue weighted by molar-refractivity contribution is 6.03. The molecule has 140 valence electrons. The number of ether oxygens (including phenoxy) is 1. The number of carbonyl (C=O) groups is 2. The molecule has 1 aliphatic rings. The first-order valence-corrected chi connectivity index (χ1v) is 8.43. The Morgan fingerprint density at radius 1 is 1.30 bits per heavy atom.